The van der Waals surface area contributed by atoms with Gasteiger partial charge in [-0.3, -0.25) is 4.79 Å². The van der Waals surface area contributed by atoms with Crippen molar-refractivity contribution in [2.24, 2.45) is 5.73 Å². The van der Waals surface area contributed by atoms with Crippen LogP contribution in [0.15, 0.2) is 53.1 Å². The maximum atomic E-state index is 14.1. The van der Waals surface area contributed by atoms with E-state index in [-0.39, 0.29) is 18.9 Å². The summed E-state index contributed by atoms with van der Waals surface area (Å²) in [6, 6.07) is 9.23. The molecule has 0 fully saturated rings. The van der Waals surface area contributed by atoms with E-state index in [1.165, 1.54) is 6.20 Å². The van der Waals surface area contributed by atoms with Crippen molar-refractivity contribution in [1.29, 1.82) is 5.41 Å². The van der Waals surface area contributed by atoms with E-state index in [1.807, 2.05) is 70.7 Å². The highest BCUT2D eigenvalue weighted by Gasteiger charge is 2.25. The molecule has 0 radical (unpaired) electrons. The number of fused-ring (bicyclic) bond motifs is 1. The quantitative estimate of drug-likeness (QED) is 0.0653. The zero-order valence-corrected chi connectivity index (χ0v) is 30.1. The lowest BCUT2D eigenvalue weighted by Crippen LogP contribution is -2.31. The van der Waals surface area contributed by atoms with Gasteiger partial charge < -0.3 is 34.8 Å². The van der Waals surface area contributed by atoms with Crippen LogP contribution >= 0.6 is 0 Å². The number of nitrogens with one attached hydrogen (secondary N) is 1. The number of benzene rings is 3. The van der Waals surface area contributed by atoms with Crippen LogP contribution < -0.4 is 41.0 Å². The van der Waals surface area contributed by atoms with Gasteiger partial charge in [-0.1, -0.05) is 13.8 Å². The van der Waals surface area contributed by atoms with E-state index in [1.54, 1.807) is 25.3 Å². The molecule has 2 aromatic carbocycles. The average molecular weight is 711 g/mol. The second kappa shape index (κ2) is 18.7. The van der Waals surface area contributed by atoms with Gasteiger partial charge in [0.15, 0.2) is 11.6 Å². The van der Waals surface area contributed by atoms with Crippen molar-refractivity contribution in [2.45, 2.75) is 54.4 Å². The molecule has 4 rings (SSSR count). The van der Waals surface area contributed by atoms with E-state index in [9.17, 15) is 22.4 Å². The van der Waals surface area contributed by atoms with Crippen LogP contribution in [0.2, 0.25) is 0 Å². The van der Waals surface area contributed by atoms with Crippen LogP contribution in [-0.2, 0) is 4.79 Å². The summed E-state index contributed by atoms with van der Waals surface area (Å²) in [5, 5.41) is 9.27. The highest BCUT2D eigenvalue weighted by Crippen LogP contribution is 2.43. The fourth-order valence-corrected chi connectivity index (χ4v) is 5.74. The minimum absolute atomic E-state index is 0.0502. The maximum Gasteiger partial charge on any atom is 0.311 e. The van der Waals surface area contributed by atoms with Crippen LogP contribution in [0.3, 0.4) is 0 Å². The number of allylic oxidation sites excluding steroid dienone is 1. The number of nitrogens with zero attached hydrogens (tertiary/aromatic N) is 2. The Hall–Kier alpha value is -5.26. The molecule has 1 aliphatic heterocycles. The van der Waals surface area contributed by atoms with E-state index < -0.39 is 35.0 Å². The number of hydrogen-bond acceptors (Lipinski definition) is 8. The Bertz CT molecular complexity index is 1980. The molecular formula is C39H46F4N4O4. The molecule has 3 N–H and O–H groups in total. The molecule has 0 amide bonds. The van der Waals surface area contributed by atoms with Gasteiger partial charge in [0.05, 0.1) is 23.8 Å². The number of ether oxygens (including phenoxy) is 2. The number of halogens is 4. The van der Waals surface area contributed by atoms with E-state index >= 15 is 0 Å². The van der Waals surface area contributed by atoms with E-state index in [0.29, 0.717) is 48.5 Å². The van der Waals surface area contributed by atoms with Crippen LogP contribution in [0, 0.1) is 28.7 Å². The van der Waals surface area contributed by atoms with Crippen LogP contribution in [-0.4, -0.2) is 39.3 Å². The van der Waals surface area contributed by atoms with Crippen molar-refractivity contribution < 1.29 is 36.2 Å². The number of rotatable bonds is 13. The van der Waals surface area contributed by atoms with Gasteiger partial charge in [0.25, 0.3) is 0 Å². The van der Waals surface area contributed by atoms with Gasteiger partial charge in [-0.2, -0.15) is 8.78 Å². The summed E-state index contributed by atoms with van der Waals surface area (Å²) in [5.74, 6) is -8.23. The number of nitrogens with two attached hydrogens (primary N) is 1. The molecule has 8 nitrogen and oxygen atoms in total. The second-order valence-corrected chi connectivity index (χ2v) is 11.0. The van der Waals surface area contributed by atoms with Gasteiger partial charge >= 0.3 is 5.97 Å². The predicted molar refractivity (Wildman–Crippen MR) is 194 cm³/mol. The summed E-state index contributed by atoms with van der Waals surface area (Å²) >= 11 is 0. The van der Waals surface area contributed by atoms with Crippen LogP contribution in [0.4, 0.5) is 28.9 Å². The van der Waals surface area contributed by atoms with Gasteiger partial charge in [-0.15, -0.1) is 0 Å². The van der Waals surface area contributed by atoms with Gasteiger partial charge in [-0.25, -0.2) is 8.78 Å². The Morgan fingerprint density at radius 2 is 1.55 bits per heavy atom. The minimum Gasteiger partial charge on any atom is -0.496 e. The molecule has 0 saturated carbocycles. The molecule has 0 saturated heterocycles. The van der Waals surface area contributed by atoms with Crippen molar-refractivity contribution in [2.75, 3.05) is 43.1 Å². The van der Waals surface area contributed by atoms with Gasteiger partial charge in [0, 0.05) is 72.7 Å². The normalized spacial score (nSPS) is 11.9. The van der Waals surface area contributed by atoms with Crippen molar-refractivity contribution in [1.82, 2.24) is 0 Å². The topological polar surface area (TPSA) is 105 Å². The largest absolute Gasteiger partial charge is 0.496 e. The summed E-state index contributed by atoms with van der Waals surface area (Å²) in [4.78, 5) is 16.7. The Kier molecular flexibility index (Phi) is 14.7. The second-order valence-electron chi connectivity index (χ2n) is 11.0. The SMILES string of the molecule is C/C=c1/oc2cc(=N)ccc-2c(-c2cc(N(CC)CC)c(N(CC)CCCC(=O)Oc3c(F)c(F)cc(F)c3F)cc2OC)/c1=C/C=C/N.CC. The first-order valence-electron chi connectivity index (χ1n) is 17.0. The average Bonchev–Trinajstić information content (AvgIpc) is 3.14. The lowest BCUT2D eigenvalue weighted by molar-refractivity contribution is -0.134. The van der Waals surface area contributed by atoms with E-state index in [2.05, 4.69) is 11.0 Å². The first-order chi connectivity index (χ1) is 24.5. The highest BCUT2D eigenvalue weighted by molar-refractivity contribution is 5.90. The summed E-state index contributed by atoms with van der Waals surface area (Å²) in [6.07, 6.45) is 6.79. The molecule has 0 bridgehead atoms. The third-order valence-electron chi connectivity index (χ3n) is 8.13. The number of carbonyl (C=O) groups excluding carboxylic acids is 1. The summed E-state index contributed by atoms with van der Waals surface area (Å²) in [6.45, 7) is 14.1. The summed E-state index contributed by atoms with van der Waals surface area (Å²) in [7, 11) is 1.58. The molecule has 1 aliphatic carbocycles. The fraction of sp³-hybridized carbons (Fsp3) is 0.333. The smallest absolute Gasteiger partial charge is 0.311 e. The van der Waals surface area contributed by atoms with Gasteiger partial charge in [-0.05, 0) is 76.7 Å². The Labute approximate surface area is 295 Å². The fourth-order valence-electron chi connectivity index (χ4n) is 5.74. The monoisotopic (exact) mass is 710 g/mol. The number of hydrogen-bond donors (Lipinski definition) is 2. The molecule has 12 heteroatoms. The summed E-state index contributed by atoms with van der Waals surface area (Å²) < 4.78 is 72.3. The third-order valence-corrected chi connectivity index (χ3v) is 8.13. The molecule has 1 heterocycles. The predicted octanol–water partition coefficient (Wildman–Crippen LogP) is 7.23. The number of methoxy groups -OCH3 is 1. The Morgan fingerprint density at radius 3 is 2.12 bits per heavy atom. The van der Waals surface area contributed by atoms with Crippen LogP contribution in [0.5, 0.6) is 11.5 Å². The molecule has 0 atom stereocenters. The van der Waals surface area contributed by atoms with Crippen molar-refractivity contribution in [3.63, 3.8) is 0 Å². The molecule has 0 aromatic heterocycles. The van der Waals surface area contributed by atoms with E-state index in [4.69, 9.17) is 25.0 Å². The minimum atomic E-state index is -1.78. The zero-order valence-electron chi connectivity index (χ0n) is 30.1. The molecule has 2 aromatic rings. The maximum absolute atomic E-state index is 14.1. The molecule has 2 aliphatic rings. The lowest BCUT2D eigenvalue weighted by atomic mass is 9.93. The Balaban J connectivity index is 0.00000345. The number of esters is 1. The highest BCUT2D eigenvalue weighted by atomic mass is 19.2. The standard InChI is InChI=1S/C37H40F4N4O4.C2H6/c1-6-30-23(12-10-16-42)34(24-15-14-22(43)18-32(24)48-30)25-19-28(44(7-2)8-3)29(21-31(25)47-5)45(9-4)17-11-13-33(46)49-37-35(40)26(38)20-27(39)36(37)41;1-2/h6,10,12,14-16,18-21,43H,7-9,11,13,17,42H2,1-5H3;1-2H3/b16-10+,23-12+,30-6+,43-22?;. The number of carbonyl (C=O) groups is 1. The van der Waals surface area contributed by atoms with Gasteiger partial charge in [0.2, 0.25) is 17.4 Å². The van der Waals surface area contributed by atoms with Crippen molar-refractivity contribution in [3.8, 4) is 33.9 Å². The number of anilines is 2. The van der Waals surface area contributed by atoms with Crippen molar-refractivity contribution >= 4 is 29.5 Å². The third kappa shape index (κ3) is 8.92. The van der Waals surface area contributed by atoms with Crippen LogP contribution in [0.25, 0.3) is 34.6 Å². The van der Waals surface area contributed by atoms with Crippen LogP contribution in [0.1, 0.15) is 54.4 Å². The molecule has 0 spiro atoms. The Morgan fingerprint density at radius 1 is 0.922 bits per heavy atom. The molecule has 0 unspecified atom stereocenters. The first-order valence-corrected chi connectivity index (χ1v) is 17.0. The molecule has 51 heavy (non-hydrogen) atoms. The van der Waals surface area contributed by atoms with E-state index in [0.717, 1.165) is 33.3 Å². The first kappa shape index (κ1) is 40.2. The molecule has 274 valence electrons. The zero-order chi connectivity index (χ0) is 37.8. The van der Waals surface area contributed by atoms with Gasteiger partial charge in [0.1, 0.15) is 16.9 Å². The summed E-state index contributed by atoms with van der Waals surface area (Å²) in [5.41, 5.74) is 10.4. The van der Waals surface area contributed by atoms with Crippen molar-refractivity contribution in [3.05, 3.63) is 87.9 Å². The lowest BCUT2D eigenvalue weighted by Gasteiger charge is -2.32. The molecular weight excluding hydrogens is 664 g/mol.